The Morgan fingerprint density at radius 1 is 0.348 bits per heavy atom. The van der Waals surface area contributed by atoms with Crippen LogP contribution in [0.1, 0.15) is 20.7 Å². The van der Waals surface area contributed by atoms with Gasteiger partial charge in [0.15, 0.2) is 0 Å². The number of rotatable bonds is 12. The van der Waals surface area contributed by atoms with E-state index in [1.807, 2.05) is 10.6 Å². The molecule has 6 aromatic rings. The Kier molecular flexibility index (Phi) is 12.7. The number of benzene rings is 6. The van der Waals surface area contributed by atoms with Crippen molar-refractivity contribution in [3.05, 3.63) is 108 Å². The second kappa shape index (κ2) is 17.1. The van der Waals surface area contributed by atoms with Crippen LogP contribution in [-0.2, 0) is 60.7 Å². The number of hydrogen-bond acceptors (Lipinski definition) is 15. The van der Waals surface area contributed by atoms with Gasteiger partial charge < -0.3 is 21.3 Å². The predicted molar refractivity (Wildman–Crippen MR) is 228 cm³/mol. The lowest BCUT2D eigenvalue weighted by Gasteiger charge is -2.17. The molecule has 10 N–H and O–H groups in total. The molecule has 25 nitrogen and oxygen atoms in total. The van der Waals surface area contributed by atoms with Crippen LogP contribution in [0.3, 0.4) is 0 Å². The van der Waals surface area contributed by atoms with Crippen molar-refractivity contribution in [2.75, 3.05) is 21.3 Å². The number of carbonyl (C=O) groups is 3. The van der Waals surface area contributed by atoms with E-state index in [9.17, 15) is 92.2 Å². The van der Waals surface area contributed by atoms with Gasteiger partial charge in [-0.2, -0.15) is 50.5 Å². The summed E-state index contributed by atoms with van der Waals surface area (Å²) < 4.78 is 208. The monoisotopic (exact) mass is 1030 g/mol. The summed E-state index contributed by atoms with van der Waals surface area (Å²) in [6.07, 6.45) is 0. The third-order valence-electron chi connectivity index (χ3n) is 8.99. The minimum atomic E-state index is -5.59. The molecule has 6 aromatic carbocycles. The zero-order chi connectivity index (χ0) is 49.1. The number of carbonyl (C=O) groups excluding carboxylic acids is 3. The highest BCUT2D eigenvalue weighted by molar-refractivity contribution is 7.88. The van der Waals surface area contributed by atoms with Crippen LogP contribution in [0.15, 0.2) is 126 Å². The summed E-state index contributed by atoms with van der Waals surface area (Å²) in [6, 6.07) is 13.6. The van der Waals surface area contributed by atoms with Gasteiger partial charge in [0.2, 0.25) is 0 Å². The Bertz CT molecular complexity index is 3580. The van der Waals surface area contributed by atoms with E-state index in [-0.39, 0.29) is 11.4 Å². The molecule has 0 aliphatic rings. The van der Waals surface area contributed by atoms with Gasteiger partial charge >= 0.3 is 6.03 Å². The first kappa shape index (κ1) is 49.0. The Morgan fingerprint density at radius 3 is 0.970 bits per heavy atom. The minimum absolute atomic E-state index is 0.195. The van der Waals surface area contributed by atoms with Crippen LogP contribution < -0.4 is 21.3 Å². The van der Waals surface area contributed by atoms with Gasteiger partial charge in [-0.1, -0.05) is 36.4 Å². The van der Waals surface area contributed by atoms with Gasteiger partial charge in [-0.05, 0) is 60.7 Å². The SMILES string of the molecule is O=C(Nc1cccc(C(=O)Nc2c(S(=O)(=O)O)cc3c(S(=O)(=O)O)cccc3c2S(=O)(=O)O)c1)Nc1cccc(C(=O)Nc2c(S(=O)(=O)O)cc3c(S(=O)(=O)O)cccc3c2S(=O)(=O)O)c1. The van der Waals surface area contributed by atoms with E-state index in [0.29, 0.717) is 12.1 Å². The molecule has 4 amide bonds. The van der Waals surface area contributed by atoms with Gasteiger partial charge in [-0.15, -0.1) is 0 Å². The highest BCUT2D eigenvalue weighted by Crippen LogP contribution is 2.41. The second-order valence-corrected chi connectivity index (χ2v) is 21.6. The molecule has 0 bridgehead atoms. The summed E-state index contributed by atoms with van der Waals surface area (Å²) in [4.78, 5) is 32.3. The topological polar surface area (TPSA) is 426 Å². The number of hydrogen-bond donors (Lipinski definition) is 10. The van der Waals surface area contributed by atoms with E-state index in [0.717, 1.165) is 60.7 Å². The van der Waals surface area contributed by atoms with E-state index < -0.39 is 152 Å². The maximum atomic E-state index is 13.5. The summed E-state index contributed by atoms with van der Waals surface area (Å²) >= 11 is 0. The third-order valence-corrected chi connectivity index (χ3v) is 14.4. The normalized spacial score (nSPS) is 12.7. The highest BCUT2D eigenvalue weighted by Gasteiger charge is 2.33. The fourth-order valence-electron chi connectivity index (χ4n) is 6.45. The molecule has 0 atom stereocenters. The lowest BCUT2D eigenvalue weighted by molar-refractivity contribution is 0.101. The number of anilines is 4. The fraction of sp³-hybridized carbons (Fsp3) is 0. The molecule has 0 aromatic heterocycles. The smallest absolute Gasteiger partial charge is 0.320 e. The lowest BCUT2D eigenvalue weighted by atomic mass is 10.1. The van der Waals surface area contributed by atoms with Crippen molar-refractivity contribution < 1.29 is 92.2 Å². The standard InChI is InChI=1S/C35H26N4O21S6/c40-33(38-29-27(63(49,50)51)15-23-21(31(29)65(55,56)57)9-3-11-25(23)61(43,44)45)17-5-1-7-19(13-17)36-35(42)37-20-8-2-6-18(14-20)34(41)39-30-28(64(52,53)54)16-24-22(32(30)66(58,59)60)10-4-12-26(24)62(46,47)48/h1-16H,(H,38,40)(H,39,41)(H2,36,37,42)(H,43,44,45)(H,46,47,48)(H,49,50,51)(H,52,53,54)(H,55,56,57)(H,58,59,60). The summed E-state index contributed by atoms with van der Waals surface area (Å²) in [5.74, 6) is -2.67. The number of urea groups is 1. The van der Waals surface area contributed by atoms with Crippen LogP contribution in [0, 0.1) is 0 Å². The van der Waals surface area contributed by atoms with Crippen molar-refractivity contribution in [1.29, 1.82) is 0 Å². The molecule has 0 aliphatic carbocycles. The fourth-order valence-corrected chi connectivity index (χ4v) is 11.1. The first-order valence-corrected chi connectivity index (χ1v) is 25.9. The molecule has 348 valence electrons. The number of fused-ring (bicyclic) bond motifs is 2. The van der Waals surface area contributed by atoms with Crippen LogP contribution in [0.2, 0.25) is 0 Å². The lowest BCUT2D eigenvalue weighted by Crippen LogP contribution is -2.21. The van der Waals surface area contributed by atoms with Gasteiger partial charge in [0.25, 0.3) is 72.5 Å². The first-order valence-electron chi connectivity index (χ1n) is 17.2. The Hall–Kier alpha value is -6.49. The van der Waals surface area contributed by atoms with Crippen LogP contribution >= 0.6 is 0 Å². The van der Waals surface area contributed by atoms with E-state index in [4.69, 9.17) is 0 Å². The minimum Gasteiger partial charge on any atom is -0.320 e. The van der Waals surface area contributed by atoms with Crippen LogP contribution in [0.4, 0.5) is 27.5 Å². The van der Waals surface area contributed by atoms with Crippen LogP contribution in [-0.4, -0.2) is 95.7 Å². The second-order valence-electron chi connectivity index (χ2n) is 13.4. The van der Waals surface area contributed by atoms with E-state index in [1.54, 1.807) is 0 Å². The molecule has 31 heteroatoms. The molecule has 0 unspecified atom stereocenters. The van der Waals surface area contributed by atoms with Gasteiger partial charge in [-0.25, -0.2) is 4.79 Å². The molecule has 0 saturated carbocycles. The van der Waals surface area contributed by atoms with Crippen LogP contribution in [0.5, 0.6) is 0 Å². The average Bonchev–Trinajstić information content (AvgIpc) is 3.17. The Morgan fingerprint density at radius 2 is 0.667 bits per heavy atom. The molecule has 0 heterocycles. The highest BCUT2D eigenvalue weighted by atomic mass is 32.2. The summed E-state index contributed by atoms with van der Waals surface area (Å²) in [7, 11) is -32.7. The van der Waals surface area contributed by atoms with Crippen molar-refractivity contribution >= 4 is 123 Å². The Labute approximate surface area is 372 Å². The number of amides is 4. The molecule has 0 saturated heterocycles. The van der Waals surface area contributed by atoms with Crippen LogP contribution in [0.25, 0.3) is 21.5 Å². The summed E-state index contributed by atoms with van der Waals surface area (Å²) in [5, 5.41) is 5.41. The number of nitrogens with one attached hydrogen (secondary N) is 4. The largest absolute Gasteiger partial charge is 0.323 e. The molecular formula is C35H26N4O21S6. The molecule has 6 rings (SSSR count). The van der Waals surface area contributed by atoms with Crippen molar-refractivity contribution in [3.8, 4) is 0 Å². The van der Waals surface area contributed by atoms with Crippen molar-refractivity contribution in [2.45, 2.75) is 29.4 Å². The maximum absolute atomic E-state index is 13.5. The molecule has 0 aliphatic heterocycles. The maximum Gasteiger partial charge on any atom is 0.323 e. The first-order chi connectivity index (χ1) is 30.3. The van der Waals surface area contributed by atoms with E-state index in [2.05, 4.69) is 10.6 Å². The molecule has 0 fully saturated rings. The predicted octanol–water partition coefficient (Wildman–Crippen LogP) is 3.62. The average molecular weight is 1030 g/mol. The third kappa shape index (κ3) is 10.3. The summed E-state index contributed by atoms with van der Waals surface area (Å²) in [5.41, 5.74) is -3.78. The van der Waals surface area contributed by atoms with E-state index in [1.165, 1.54) is 24.3 Å². The van der Waals surface area contributed by atoms with Gasteiger partial charge in [0.1, 0.15) is 29.4 Å². The summed E-state index contributed by atoms with van der Waals surface area (Å²) in [6.45, 7) is 0. The zero-order valence-electron chi connectivity index (χ0n) is 32.0. The van der Waals surface area contributed by atoms with Crippen molar-refractivity contribution in [1.82, 2.24) is 0 Å². The van der Waals surface area contributed by atoms with Gasteiger partial charge in [0.05, 0.1) is 11.4 Å². The Balaban J connectivity index is 1.28. The molecular weight excluding hydrogens is 1000 g/mol. The van der Waals surface area contributed by atoms with Gasteiger partial charge in [-0.3, -0.25) is 36.9 Å². The quantitative estimate of drug-likeness (QED) is 0.0782. The zero-order valence-corrected chi connectivity index (χ0v) is 36.9. The van der Waals surface area contributed by atoms with Crippen molar-refractivity contribution in [3.63, 3.8) is 0 Å². The molecule has 0 spiro atoms. The van der Waals surface area contributed by atoms with Gasteiger partial charge in [0, 0.05) is 44.0 Å². The molecule has 0 radical (unpaired) electrons. The molecule has 66 heavy (non-hydrogen) atoms. The van der Waals surface area contributed by atoms with E-state index >= 15 is 0 Å². The van der Waals surface area contributed by atoms with Crippen molar-refractivity contribution in [2.24, 2.45) is 0 Å².